The molecule has 0 radical (unpaired) electrons. The number of rotatable bonds is 5. The van der Waals surface area contributed by atoms with Crippen LogP contribution in [0, 0.1) is 12.8 Å². The number of H-pyrrole nitrogens is 1. The first kappa shape index (κ1) is 23.0. The number of carbonyl (C=O) groups is 2. The van der Waals surface area contributed by atoms with E-state index in [0.717, 1.165) is 16.1 Å². The van der Waals surface area contributed by atoms with E-state index in [1.54, 1.807) is 46.4 Å². The van der Waals surface area contributed by atoms with Gasteiger partial charge in [0.15, 0.2) is 0 Å². The quantitative estimate of drug-likeness (QED) is 0.452. The zero-order valence-corrected chi connectivity index (χ0v) is 20.4. The van der Waals surface area contributed by atoms with Crippen LogP contribution < -0.4 is 10.5 Å². The molecule has 0 saturated carbocycles. The molecule has 0 bridgehead atoms. The van der Waals surface area contributed by atoms with Crippen LogP contribution in [0.1, 0.15) is 35.1 Å². The van der Waals surface area contributed by atoms with Gasteiger partial charge in [0.1, 0.15) is 5.82 Å². The van der Waals surface area contributed by atoms with Crippen LogP contribution in [-0.4, -0.2) is 33.7 Å². The highest BCUT2D eigenvalue weighted by Gasteiger charge is 2.43. The number of aromatic amines is 1. The molecule has 2 amide bonds. The van der Waals surface area contributed by atoms with Crippen molar-refractivity contribution < 1.29 is 9.59 Å². The SMILES string of the molecule is Cc1ccc(N2C(=O)CC[C@@H](C(=O)N(C)Cc3nc4ccccc4c(=O)[nH]3)[C@H]2c2cccs2)cc1. The van der Waals surface area contributed by atoms with E-state index in [1.807, 2.05) is 54.8 Å². The largest absolute Gasteiger partial charge is 0.338 e. The Morgan fingerprint density at radius 2 is 1.89 bits per heavy atom. The van der Waals surface area contributed by atoms with Crippen LogP contribution >= 0.6 is 11.3 Å². The molecule has 178 valence electrons. The van der Waals surface area contributed by atoms with Crippen LogP contribution in [0.5, 0.6) is 0 Å². The number of piperidine rings is 1. The average molecular weight is 487 g/mol. The van der Waals surface area contributed by atoms with E-state index in [9.17, 15) is 14.4 Å². The minimum atomic E-state index is -0.412. The number of carbonyl (C=O) groups excluding carboxylic acids is 2. The Balaban J connectivity index is 1.46. The highest BCUT2D eigenvalue weighted by Crippen LogP contribution is 2.42. The van der Waals surface area contributed by atoms with Crippen LogP contribution in [0.2, 0.25) is 0 Å². The Morgan fingerprint density at radius 3 is 2.63 bits per heavy atom. The maximum Gasteiger partial charge on any atom is 0.258 e. The summed E-state index contributed by atoms with van der Waals surface area (Å²) in [6.45, 7) is 2.18. The molecule has 1 aliphatic rings. The zero-order valence-electron chi connectivity index (χ0n) is 19.6. The molecule has 0 aliphatic carbocycles. The first-order chi connectivity index (χ1) is 16.9. The molecule has 2 atom stereocenters. The number of para-hydroxylation sites is 1. The monoisotopic (exact) mass is 486 g/mol. The van der Waals surface area contributed by atoms with E-state index in [-0.39, 0.29) is 23.9 Å². The number of thiophene rings is 1. The molecule has 8 heteroatoms. The average Bonchev–Trinajstić information content (AvgIpc) is 3.39. The summed E-state index contributed by atoms with van der Waals surface area (Å²) in [6.07, 6.45) is 0.764. The van der Waals surface area contributed by atoms with Crippen LogP contribution in [0.15, 0.2) is 70.8 Å². The second-order valence-electron chi connectivity index (χ2n) is 8.93. The van der Waals surface area contributed by atoms with Gasteiger partial charge in [-0.15, -0.1) is 11.3 Å². The number of hydrogen-bond acceptors (Lipinski definition) is 5. The van der Waals surface area contributed by atoms with Crippen LogP contribution in [0.3, 0.4) is 0 Å². The van der Waals surface area contributed by atoms with Crippen molar-refractivity contribution >= 4 is 39.7 Å². The predicted molar refractivity (Wildman–Crippen MR) is 137 cm³/mol. The molecule has 0 unspecified atom stereocenters. The Bertz CT molecular complexity index is 1430. The van der Waals surface area contributed by atoms with Crippen LogP contribution in [-0.2, 0) is 16.1 Å². The van der Waals surface area contributed by atoms with Gasteiger partial charge in [0.25, 0.3) is 5.56 Å². The number of anilines is 1. The molecule has 1 N–H and O–H groups in total. The van der Waals surface area contributed by atoms with Gasteiger partial charge in [-0.1, -0.05) is 35.9 Å². The molecule has 4 aromatic rings. The summed E-state index contributed by atoms with van der Waals surface area (Å²) in [7, 11) is 1.72. The van der Waals surface area contributed by atoms with Gasteiger partial charge in [0.05, 0.1) is 29.4 Å². The fraction of sp³-hybridized carbons (Fsp3) is 0.259. The Morgan fingerprint density at radius 1 is 1.11 bits per heavy atom. The van der Waals surface area contributed by atoms with Crippen LogP contribution in [0.25, 0.3) is 10.9 Å². The Labute approximate surface area is 207 Å². The molecule has 7 nitrogen and oxygen atoms in total. The van der Waals surface area contributed by atoms with Crippen molar-refractivity contribution in [1.29, 1.82) is 0 Å². The van der Waals surface area contributed by atoms with Gasteiger partial charge in [-0.05, 0) is 49.1 Å². The highest BCUT2D eigenvalue weighted by atomic mass is 32.1. The lowest BCUT2D eigenvalue weighted by atomic mass is 9.86. The Kier molecular flexibility index (Phi) is 6.21. The van der Waals surface area contributed by atoms with Crippen molar-refractivity contribution in [3.05, 3.63) is 92.7 Å². The molecule has 35 heavy (non-hydrogen) atoms. The standard InChI is InChI=1S/C27H26N4O3S/c1-17-9-11-18(12-10-17)31-24(32)14-13-20(25(31)22-8-5-15-35-22)27(34)30(2)16-23-28-21-7-4-3-6-19(21)26(33)29-23/h3-12,15,20,25H,13-14,16H2,1-2H3,(H,28,29,33)/t20-,25+/m1/s1. The van der Waals surface area contributed by atoms with Gasteiger partial charge in [0, 0.05) is 24.0 Å². The van der Waals surface area contributed by atoms with Gasteiger partial charge >= 0.3 is 0 Å². The van der Waals surface area contributed by atoms with E-state index in [1.165, 1.54) is 0 Å². The number of hydrogen-bond donors (Lipinski definition) is 1. The third-order valence-electron chi connectivity index (χ3n) is 6.49. The maximum absolute atomic E-state index is 13.8. The van der Waals surface area contributed by atoms with Gasteiger partial charge in [-0.3, -0.25) is 14.4 Å². The molecule has 3 heterocycles. The van der Waals surface area contributed by atoms with E-state index < -0.39 is 12.0 Å². The number of nitrogens with one attached hydrogen (secondary N) is 1. The number of fused-ring (bicyclic) bond motifs is 1. The summed E-state index contributed by atoms with van der Waals surface area (Å²) < 4.78 is 0. The van der Waals surface area contributed by atoms with Gasteiger partial charge < -0.3 is 14.8 Å². The third-order valence-corrected chi connectivity index (χ3v) is 7.43. The summed E-state index contributed by atoms with van der Waals surface area (Å²) in [6, 6.07) is 18.5. The molecular formula is C27H26N4O3S. The molecule has 5 rings (SSSR count). The molecule has 1 aliphatic heterocycles. The highest BCUT2D eigenvalue weighted by molar-refractivity contribution is 7.10. The van der Waals surface area contributed by atoms with E-state index >= 15 is 0 Å². The Hall–Kier alpha value is -3.78. The van der Waals surface area contributed by atoms with E-state index in [2.05, 4.69) is 9.97 Å². The fourth-order valence-electron chi connectivity index (χ4n) is 4.74. The van der Waals surface area contributed by atoms with Crippen molar-refractivity contribution in [2.75, 3.05) is 11.9 Å². The lowest BCUT2D eigenvalue weighted by Gasteiger charge is -2.41. The first-order valence-electron chi connectivity index (χ1n) is 11.6. The summed E-state index contributed by atoms with van der Waals surface area (Å²) >= 11 is 1.55. The first-order valence-corrected chi connectivity index (χ1v) is 12.5. The number of aromatic nitrogens is 2. The lowest BCUT2D eigenvalue weighted by Crippen LogP contribution is -2.48. The van der Waals surface area contributed by atoms with Crippen molar-refractivity contribution in [1.82, 2.24) is 14.9 Å². The fourth-order valence-corrected chi connectivity index (χ4v) is 5.62. The third kappa shape index (κ3) is 4.49. The lowest BCUT2D eigenvalue weighted by molar-refractivity contribution is -0.137. The van der Waals surface area contributed by atoms with Gasteiger partial charge in [0.2, 0.25) is 11.8 Å². The van der Waals surface area contributed by atoms with Gasteiger partial charge in [-0.2, -0.15) is 0 Å². The van der Waals surface area contributed by atoms with Gasteiger partial charge in [-0.25, -0.2) is 4.98 Å². The smallest absolute Gasteiger partial charge is 0.258 e. The van der Waals surface area contributed by atoms with E-state index in [4.69, 9.17) is 0 Å². The second kappa shape index (κ2) is 9.46. The van der Waals surface area contributed by atoms with Crippen molar-refractivity contribution in [2.24, 2.45) is 5.92 Å². The number of nitrogens with zero attached hydrogens (tertiary/aromatic N) is 3. The number of benzene rings is 2. The number of aryl methyl sites for hydroxylation is 1. The van der Waals surface area contributed by atoms with Crippen molar-refractivity contribution in [2.45, 2.75) is 32.4 Å². The summed E-state index contributed by atoms with van der Waals surface area (Å²) in [5.74, 6) is -0.0485. The normalized spacial score (nSPS) is 18.1. The summed E-state index contributed by atoms with van der Waals surface area (Å²) in [5.41, 5.74) is 2.27. The zero-order chi connectivity index (χ0) is 24.5. The van der Waals surface area contributed by atoms with Crippen molar-refractivity contribution in [3.8, 4) is 0 Å². The second-order valence-corrected chi connectivity index (χ2v) is 9.91. The predicted octanol–water partition coefficient (Wildman–Crippen LogP) is 4.44. The van der Waals surface area contributed by atoms with Crippen molar-refractivity contribution in [3.63, 3.8) is 0 Å². The molecule has 1 saturated heterocycles. The molecule has 2 aromatic carbocycles. The number of amides is 2. The minimum Gasteiger partial charge on any atom is -0.338 e. The maximum atomic E-state index is 13.8. The summed E-state index contributed by atoms with van der Waals surface area (Å²) in [4.78, 5) is 51.1. The van der Waals surface area contributed by atoms with Crippen LogP contribution in [0.4, 0.5) is 5.69 Å². The molecule has 1 fully saturated rings. The molecular weight excluding hydrogens is 460 g/mol. The molecule has 0 spiro atoms. The van der Waals surface area contributed by atoms with E-state index in [0.29, 0.717) is 29.6 Å². The topological polar surface area (TPSA) is 86.4 Å². The minimum absolute atomic E-state index is 0.0134. The molecule has 2 aromatic heterocycles. The summed E-state index contributed by atoms with van der Waals surface area (Å²) in [5, 5.41) is 2.49.